The lowest BCUT2D eigenvalue weighted by Gasteiger charge is -2.37. The van der Waals surface area contributed by atoms with Gasteiger partial charge in [0.25, 0.3) is 0 Å². The Bertz CT molecular complexity index is 681. The van der Waals surface area contributed by atoms with Gasteiger partial charge in [-0.2, -0.15) is 5.26 Å². The summed E-state index contributed by atoms with van der Waals surface area (Å²) in [5.74, 6) is 0.296. The summed E-state index contributed by atoms with van der Waals surface area (Å²) in [5.41, 5.74) is 2.23. The molecule has 1 aromatic carbocycles. The van der Waals surface area contributed by atoms with Crippen LogP contribution in [0.1, 0.15) is 42.4 Å². The normalized spacial score (nSPS) is 26.4. The van der Waals surface area contributed by atoms with E-state index in [-0.39, 0.29) is 5.92 Å². The van der Waals surface area contributed by atoms with Crippen LogP contribution in [0.5, 0.6) is 11.5 Å². The molecule has 0 unspecified atom stereocenters. The summed E-state index contributed by atoms with van der Waals surface area (Å²) in [6.07, 6.45) is 2.12. The molecule has 23 heavy (non-hydrogen) atoms. The fourth-order valence-electron chi connectivity index (χ4n) is 3.91. The number of hydrogen-bond acceptors (Lipinski definition) is 4. The van der Waals surface area contributed by atoms with Gasteiger partial charge in [0.05, 0.1) is 17.4 Å². The van der Waals surface area contributed by atoms with Crippen LogP contribution in [-0.2, 0) is 10.2 Å². The Hall–Kier alpha value is -2.22. The van der Waals surface area contributed by atoms with E-state index in [2.05, 4.69) is 6.07 Å². The minimum absolute atomic E-state index is 0.352. The molecule has 3 rings (SSSR count). The Morgan fingerprint density at radius 1 is 1.22 bits per heavy atom. The van der Waals surface area contributed by atoms with Crippen molar-refractivity contribution in [2.75, 3.05) is 13.2 Å². The van der Waals surface area contributed by atoms with Gasteiger partial charge in [-0.3, -0.25) is 4.79 Å². The molecule has 1 saturated carbocycles. The van der Waals surface area contributed by atoms with E-state index in [1.54, 1.807) is 0 Å². The maximum Gasteiger partial charge on any atom is 0.306 e. The number of nitriles is 1. The Morgan fingerprint density at radius 2 is 1.83 bits per heavy atom. The zero-order valence-electron chi connectivity index (χ0n) is 13.5. The molecule has 1 aliphatic heterocycles. The average molecular weight is 315 g/mol. The van der Waals surface area contributed by atoms with E-state index < -0.39 is 11.4 Å². The first-order valence-electron chi connectivity index (χ1n) is 8.03. The fraction of sp³-hybridized carbons (Fsp3) is 0.556. The SMILES string of the molecule is Cc1cc(C)c(C2(C#N)CCC(C(=O)O)CC2)c2c1OCCO2. The van der Waals surface area contributed by atoms with Gasteiger partial charge in [-0.05, 0) is 50.7 Å². The number of carbonyl (C=O) groups is 1. The van der Waals surface area contributed by atoms with Crippen LogP contribution in [0, 0.1) is 31.1 Å². The van der Waals surface area contributed by atoms with Crippen molar-refractivity contribution in [1.29, 1.82) is 5.26 Å². The van der Waals surface area contributed by atoms with E-state index in [0.29, 0.717) is 44.6 Å². The highest BCUT2D eigenvalue weighted by molar-refractivity contribution is 5.70. The second-order valence-corrected chi connectivity index (χ2v) is 6.55. The van der Waals surface area contributed by atoms with Crippen LogP contribution >= 0.6 is 0 Å². The number of rotatable bonds is 2. The summed E-state index contributed by atoms with van der Waals surface area (Å²) in [7, 11) is 0. The van der Waals surface area contributed by atoms with Crippen LogP contribution in [0.25, 0.3) is 0 Å². The van der Waals surface area contributed by atoms with Crippen LogP contribution in [0.3, 0.4) is 0 Å². The van der Waals surface area contributed by atoms with Gasteiger partial charge in [-0.25, -0.2) is 0 Å². The molecule has 122 valence electrons. The van der Waals surface area contributed by atoms with Gasteiger partial charge in [-0.1, -0.05) is 6.07 Å². The van der Waals surface area contributed by atoms with Gasteiger partial charge in [-0.15, -0.1) is 0 Å². The minimum Gasteiger partial charge on any atom is -0.486 e. The summed E-state index contributed by atoms with van der Waals surface area (Å²) in [4.78, 5) is 11.2. The maximum absolute atomic E-state index is 11.2. The minimum atomic E-state index is -0.765. The molecule has 5 heteroatoms. The molecule has 1 heterocycles. The van der Waals surface area contributed by atoms with Crippen molar-refractivity contribution in [1.82, 2.24) is 0 Å². The van der Waals surface area contributed by atoms with E-state index in [1.165, 1.54) is 0 Å². The Morgan fingerprint density at radius 3 is 2.39 bits per heavy atom. The summed E-state index contributed by atoms with van der Waals surface area (Å²) in [6.45, 7) is 4.95. The molecule has 0 bridgehead atoms. The first-order chi connectivity index (χ1) is 11.0. The number of hydrogen-bond donors (Lipinski definition) is 1. The molecule has 0 saturated heterocycles. The molecule has 1 aliphatic carbocycles. The molecule has 0 aromatic heterocycles. The first-order valence-corrected chi connectivity index (χ1v) is 8.03. The van der Waals surface area contributed by atoms with Gasteiger partial charge in [0.15, 0.2) is 11.5 Å². The quantitative estimate of drug-likeness (QED) is 0.907. The molecule has 1 N–H and O–H groups in total. The number of nitrogens with zero attached hydrogens (tertiary/aromatic N) is 1. The molecule has 0 spiro atoms. The second-order valence-electron chi connectivity index (χ2n) is 6.55. The molecule has 5 nitrogen and oxygen atoms in total. The molecule has 1 aromatic rings. The summed E-state index contributed by atoms with van der Waals surface area (Å²) >= 11 is 0. The van der Waals surface area contributed by atoms with Crippen molar-refractivity contribution in [3.63, 3.8) is 0 Å². The topological polar surface area (TPSA) is 79.6 Å². The van der Waals surface area contributed by atoms with Crippen LogP contribution < -0.4 is 9.47 Å². The number of aliphatic carboxylic acids is 1. The van der Waals surface area contributed by atoms with E-state index in [0.717, 1.165) is 22.4 Å². The molecule has 0 amide bonds. The van der Waals surface area contributed by atoms with E-state index >= 15 is 0 Å². The third-order valence-electron chi connectivity index (χ3n) is 5.08. The highest BCUT2D eigenvalue weighted by atomic mass is 16.6. The maximum atomic E-state index is 11.2. The number of carboxylic acids is 1. The molecule has 1 fully saturated rings. The largest absolute Gasteiger partial charge is 0.486 e. The average Bonchev–Trinajstić information content (AvgIpc) is 2.55. The third kappa shape index (κ3) is 2.52. The van der Waals surface area contributed by atoms with Gasteiger partial charge in [0.2, 0.25) is 0 Å². The summed E-state index contributed by atoms with van der Waals surface area (Å²) in [5, 5.41) is 19.1. The monoisotopic (exact) mass is 315 g/mol. The van der Waals surface area contributed by atoms with E-state index in [4.69, 9.17) is 9.47 Å². The standard InChI is InChI=1S/C18H21NO4/c1-11-9-12(2)15-16(23-8-7-22-15)14(11)18(10-19)5-3-13(4-6-18)17(20)21/h9,13H,3-8H2,1-2H3,(H,20,21). The van der Waals surface area contributed by atoms with Crippen molar-refractivity contribution >= 4 is 5.97 Å². The number of ether oxygens (including phenoxy) is 2. The van der Waals surface area contributed by atoms with Gasteiger partial charge >= 0.3 is 5.97 Å². The van der Waals surface area contributed by atoms with E-state index in [1.807, 2.05) is 19.9 Å². The Kier molecular flexibility index (Phi) is 3.93. The molecular weight excluding hydrogens is 294 g/mol. The zero-order valence-corrected chi connectivity index (χ0v) is 13.5. The molecule has 2 aliphatic rings. The number of carboxylic acid groups (broad SMARTS) is 1. The highest BCUT2D eigenvalue weighted by Crippen LogP contribution is 2.50. The lowest BCUT2D eigenvalue weighted by molar-refractivity contribution is -0.143. The van der Waals surface area contributed by atoms with Crippen LogP contribution in [-0.4, -0.2) is 24.3 Å². The second kappa shape index (κ2) is 5.77. The number of benzene rings is 1. The van der Waals surface area contributed by atoms with E-state index in [9.17, 15) is 15.2 Å². The van der Waals surface area contributed by atoms with Crippen molar-refractivity contribution in [2.24, 2.45) is 5.92 Å². The number of aryl methyl sites for hydroxylation is 2. The van der Waals surface area contributed by atoms with Crippen LogP contribution in [0.4, 0.5) is 0 Å². The first kappa shape index (κ1) is 15.7. The summed E-state index contributed by atoms with van der Waals surface area (Å²) < 4.78 is 11.6. The predicted molar refractivity (Wildman–Crippen MR) is 83.8 cm³/mol. The Labute approximate surface area is 135 Å². The zero-order chi connectivity index (χ0) is 16.6. The van der Waals surface area contributed by atoms with Crippen LogP contribution in [0.15, 0.2) is 6.07 Å². The Balaban J connectivity index is 2.06. The van der Waals surface area contributed by atoms with Crippen molar-refractivity contribution in [2.45, 2.75) is 44.9 Å². The fourth-order valence-corrected chi connectivity index (χ4v) is 3.91. The molecule has 0 atom stereocenters. The van der Waals surface area contributed by atoms with Gasteiger partial charge in [0.1, 0.15) is 13.2 Å². The smallest absolute Gasteiger partial charge is 0.306 e. The van der Waals surface area contributed by atoms with Crippen molar-refractivity contribution < 1.29 is 19.4 Å². The van der Waals surface area contributed by atoms with Crippen molar-refractivity contribution in [3.8, 4) is 17.6 Å². The highest BCUT2D eigenvalue weighted by Gasteiger charge is 2.43. The van der Waals surface area contributed by atoms with Crippen molar-refractivity contribution in [3.05, 3.63) is 22.8 Å². The lowest BCUT2D eigenvalue weighted by atomic mass is 9.66. The third-order valence-corrected chi connectivity index (χ3v) is 5.08. The number of fused-ring (bicyclic) bond motifs is 1. The van der Waals surface area contributed by atoms with Crippen LogP contribution in [0.2, 0.25) is 0 Å². The lowest BCUT2D eigenvalue weighted by Crippen LogP contribution is -2.34. The predicted octanol–water partition coefficient (Wildman–Crippen LogP) is 3.11. The molecule has 0 radical (unpaired) electrons. The van der Waals surface area contributed by atoms with Gasteiger partial charge < -0.3 is 14.6 Å². The summed E-state index contributed by atoms with van der Waals surface area (Å²) in [6, 6.07) is 4.51. The van der Waals surface area contributed by atoms with Gasteiger partial charge in [0, 0.05) is 5.56 Å². The molecular formula is C18H21NO4.